The zero-order valence-corrected chi connectivity index (χ0v) is 15.8. The zero-order valence-electron chi connectivity index (χ0n) is 14.3. The van der Waals surface area contributed by atoms with E-state index in [1.807, 2.05) is 0 Å². The average Bonchev–Trinajstić information content (AvgIpc) is 2.49. The van der Waals surface area contributed by atoms with Crippen LogP contribution in [0.4, 0.5) is 0 Å². The molecular weight excluding hydrogens is 317 g/mol. The molecule has 132 valence electrons. The Balaban J connectivity index is 3.38. The quantitative estimate of drug-likeness (QED) is 0.262. The first kappa shape index (κ1) is 22.1. The third-order valence-corrected chi connectivity index (χ3v) is 5.30. The summed E-state index contributed by atoms with van der Waals surface area (Å²) in [6, 6.07) is 0. The summed E-state index contributed by atoms with van der Waals surface area (Å²) in [7, 11) is 0. The van der Waals surface area contributed by atoms with Crippen molar-refractivity contribution in [2.24, 2.45) is 5.73 Å². The van der Waals surface area contributed by atoms with E-state index in [0.717, 1.165) is 38.5 Å². The summed E-state index contributed by atoms with van der Waals surface area (Å²) in [6.07, 6.45) is 15.8. The molecule has 0 aromatic carbocycles. The Kier molecular flexibility index (Phi) is 16.0. The number of amides is 1. The minimum absolute atomic E-state index is 0.0999. The minimum Gasteiger partial charge on any atom is -0.370 e. The molecule has 0 spiro atoms. The van der Waals surface area contributed by atoms with Crippen LogP contribution in [0.25, 0.3) is 0 Å². The maximum Gasteiger partial charge on any atom is 0.217 e. The lowest BCUT2D eigenvalue weighted by Crippen LogP contribution is -2.14. The van der Waals surface area contributed by atoms with Gasteiger partial charge in [-0.3, -0.25) is 4.79 Å². The van der Waals surface area contributed by atoms with Crippen LogP contribution in [0.5, 0.6) is 0 Å². The normalized spacial score (nSPS) is 14.0. The van der Waals surface area contributed by atoms with Crippen LogP contribution in [0.1, 0.15) is 96.8 Å². The van der Waals surface area contributed by atoms with Crippen molar-refractivity contribution >= 4 is 29.1 Å². The fourth-order valence-electron chi connectivity index (χ4n) is 2.65. The van der Waals surface area contributed by atoms with Gasteiger partial charge in [0.05, 0.1) is 0 Å². The lowest BCUT2D eigenvalue weighted by atomic mass is 10.0. The largest absolute Gasteiger partial charge is 0.370 e. The van der Waals surface area contributed by atoms with Crippen LogP contribution in [0.15, 0.2) is 0 Å². The predicted octanol–water partition coefficient (Wildman–Crippen LogP) is 6.17. The van der Waals surface area contributed by atoms with E-state index in [4.69, 9.17) is 28.9 Å². The van der Waals surface area contributed by atoms with E-state index < -0.39 is 0 Å². The average molecular weight is 352 g/mol. The van der Waals surface area contributed by atoms with Gasteiger partial charge in [-0.1, -0.05) is 71.1 Å². The van der Waals surface area contributed by atoms with Crippen LogP contribution in [-0.2, 0) is 4.79 Å². The summed E-state index contributed by atoms with van der Waals surface area (Å²) in [5.41, 5.74) is 5.11. The van der Waals surface area contributed by atoms with Crippen molar-refractivity contribution in [2.45, 2.75) is 108 Å². The molecular formula is C18H35Cl2NO. The molecule has 0 aliphatic carbocycles. The Hall–Kier alpha value is 0.0500. The second-order valence-corrected chi connectivity index (χ2v) is 7.48. The summed E-state index contributed by atoms with van der Waals surface area (Å²) in [6.45, 7) is 2.24. The summed E-state index contributed by atoms with van der Waals surface area (Å²) in [4.78, 5) is 10.6. The molecule has 0 aliphatic rings. The van der Waals surface area contributed by atoms with Gasteiger partial charge in [0.1, 0.15) is 0 Å². The molecule has 2 nitrogen and oxygen atoms in total. The first-order chi connectivity index (χ1) is 10.6. The van der Waals surface area contributed by atoms with Crippen molar-refractivity contribution in [1.82, 2.24) is 0 Å². The molecule has 2 atom stereocenters. The molecule has 2 N–H and O–H groups in total. The van der Waals surface area contributed by atoms with Gasteiger partial charge in [0.15, 0.2) is 0 Å². The van der Waals surface area contributed by atoms with E-state index in [1.165, 1.54) is 44.9 Å². The topological polar surface area (TPSA) is 43.1 Å². The van der Waals surface area contributed by atoms with Gasteiger partial charge in [-0.05, 0) is 19.3 Å². The number of primary amides is 1. The smallest absolute Gasteiger partial charge is 0.217 e. The van der Waals surface area contributed by atoms with Crippen LogP contribution in [-0.4, -0.2) is 16.7 Å². The fraction of sp³-hybridized carbons (Fsp3) is 0.944. The number of carbonyl (C=O) groups excluding carboxylic acids is 1. The number of alkyl halides is 2. The standard InChI is InChI=1S/C18H35Cl2NO/c1-2-3-4-5-7-10-13-16(19)17(20)14-11-8-6-9-12-15-18(21)22/h16-17H,2-15H2,1H3,(H2,21,22). The van der Waals surface area contributed by atoms with Crippen LogP contribution in [0, 0.1) is 0 Å². The predicted molar refractivity (Wildman–Crippen MR) is 98.8 cm³/mol. The summed E-state index contributed by atoms with van der Waals surface area (Å²) >= 11 is 12.8. The van der Waals surface area contributed by atoms with Gasteiger partial charge in [0.25, 0.3) is 0 Å². The van der Waals surface area contributed by atoms with Crippen molar-refractivity contribution in [3.8, 4) is 0 Å². The van der Waals surface area contributed by atoms with Crippen LogP contribution < -0.4 is 5.73 Å². The first-order valence-corrected chi connectivity index (χ1v) is 10.0. The van der Waals surface area contributed by atoms with Crippen molar-refractivity contribution in [1.29, 1.82) is 0 Å². The van der Waals surface area contributed by atoms with Crippen molar-refractivity contribution in [2.75, 3.05) is 0 Å². The molecule has 0 aromatic rings. The number of halogens is 2. The van der Waals surface area contributed by atoms with E-state index >= 15 is 0 Å². The second-order valence-electron chi connectivity index (χ2n) is 6.36. The number of rotatable bonds is 16. The van der Waals surface area contributed by atoms with Gasteiger partial charge in [-0.15, -0.1) is 23.2 Å². The Labute approximate surface area is 147 Å². The number of unbranched alkanes of at least 4 members (excludes halogenated alkanes) is 9. The third-order valence-electron chi connectivity index (χ3n) is 4.13. The number of hydrogen-bond acceptors (Lipinski definition) is 1. The Morgan fingerprint density at radius 1 is 0.773 bits per heavy atom. The Bertz CT molecular complexity index is 261. The van der Waals surface area contributed by atoms with Crippen LogP contribution in [0.3, 0.4) is 0 Å². The van der Waals surface area contributed by atoms with E-state index in [9.17, 15) is 4.79 Å². The van der Waals surface area contributed by atoms with E-state index in [0.29, 0.717) is 6.42 Å². The van der Waals surface area contributed by atoms with Crippen LogP contribution in [0.2, 0.25) is 0 Å². The Morgan fingerprint density at radius 2 is 1.18 bits per heavy atom. The molecule has 0 saturated heterocycles. The Morgan fingerprint density at radius 3 is 1.64 bits per heavy atom. The van der Waals surface area contributed by atoms with Crippen molar-refractivity contribution in [3.05, 3.63) is 0 Å². The van der Waals surface area contributed by atoms with Gasteiger partial charge in [-0.25, -0.2) is 0 Å². The van der Waals surface area contributed by atoms with Gasteiger partial charge >= 0.3 is 0 Å². The molecule has 0 heterocycles. The summed E-state index contributed by atoms with van der Waals surface area (Å²) < 4.78 is 0. The lowest BCUT2D eigenvalue weighted by molar-refractivity contribution is -0.118. The molecule has 0 aromatic heterocycles. The maximum atomic E-state index is 10.6. The molecule has 0 aliphatic heterocycles. The van der Waals surface area contributed by atoms with Gasteiger partial charge in [-0.2, -0.15) is 0 Å². The molecule has 1 amide bonds. The molecule has 0 saturated carbocycles. The molecule has 2 unspecified atom stereocenters. The number of nitrogens with two attached hydrogens (primary N) is 1. The van der Waals surface area contributed by atoms with E-state index in [2.05, 4.69) is 6.92 Å². The number of carbonyl (C=O) groups is 1. The zero-order chi connectivity index (χ0) is 16.6. The first-order valence-electron chi connectivity index (χ1n) is 9.14. The van der Waals surface area contributed by atoms with E-state index in [-0.39, 0.29) is 16.7 Å². The maximum absolute atomic E-state index is 10.6. The van der Waals surface area contributed by atoms with Gasteiger partial charge in [0.2, 0.25) is 5.91 Å². The number of hydrogen-bond donors (Lipinski definition) is 1. The second kappa shape index (κ2) is 15.9. The SMILES string of the molecule is CCCCCCCCC(Cl)C(Cl)CCCCCCCC(N)=O. The molecule has 0 radical (unpaired) electrons. The fourth-order valence-corrected chi connectivity index (χ4v) is 3.21. The molecule has 4 heteroatoms. The highest BCUT2D eigenvalue weighted by atomic mass is 35.5. The van der Waals surface area contributed by atoms with Crippen molar-refractivity contribution < 1.29 is 4.79 Å². The monoisotopic (exact) mass is 351 g/mol. The highest BCUT2D eigenvalue weighted by molar-refractivity contribution is 6.29. The van der Waals surface area contributed by atoms with Crippen LogP contribution >= 0.6 is 23.2 Å². The summed E-state index contributed by atoms with van der Waals surface area (Å²) in [5.74, 6) is -0.194. The summed E-state index contributed by atoms with van der Waals surface area (Å²) in [5, 5.41) is 0.214. The minimum atomic E-state index is -0.194. The van der Waals surface area contributed by atoms with Crippen molar-refractivity contribution in [3.63, 3.8) is 0 Å². The molecule has 22 heavy (non-hydrogen) atoms. The van der Waals surface area contributed by atoms with Gasteiger partial charge < -0.3 is 5.73 Å². The molecule has 0 rings (SSSR count). The third kappa shape index (κ3) is 15.0. The van der Waals surface area contributed by atoms with Gasteiger partial charge in [0, 0.05) is 17.2 Å². The molecule has 0 fully saturated rings. The van der Waals surface area contributed by atoms with E-state index in [1.54, 1.807) is 0 Å². The lowest BCUT2D eigenvalue weighted by Gasteiger charge is -2.16. The molecule has 0 bridgehead atoms. The highest BCUT2D eigenvalue weighted by Crippen LogP contribution is 2.23. The highest BCUT2D eigenvalue weighted by Gasteiger charge is 2.15.